The van der Waals surface area contributed by atoms with Gasteiger partial charge in [-0.15, -0.1) is 0 Å². The van der Waals surface area contributed by atoms with Gasteiger partial charge in [0.1, 0.15) is 0 Å². The molecule has 0 spiro atoms. The topological polar surface area (TPSA) is 57.5 Å². The molecule has 0 saturated heterocycles. The first kappa shape index (κ1) is 18.9. The molecule has 0 saturated carbocycles. The van der Waals surface area contributed by atoms with Crippen LogP contribution < -0.4 is 29.6 Å². The Bertz CT molecular complexity index is 569. The van der Waals surface area contributed by atoms with Crippen LogP contribution in [0.3, 0.4) is 0 Å². The third kappa shape index (κ3) is 4.96. The van der Waals surface area contributed by atoms with E-state index >= 15 is 0 Å². The van der Waals surface area contributed by atoms with Crippen LogP contribution in [0.1, 0.15) is 36.3 Å². The van der Waals surface area contributed by atoms with Crippen LogP contribution in [0.4, 0.5) is 0 Å². The van der Waals surface area contributed by atoms with Crippen LogP contribution in [-0.4, -0.2) is 22.3 Å². The number of aliphatic hydroxyl groups excluding tert-OH is 1. The summed E-state index contributed by atoms with van der Waals surface area (Å²) in [6.07, 6.45) is -0.142. The maximum absolute atomic E-state index is 11.8. The molecule has 2 aromatic rings. The number of aliphatic hydroxyl groups is 1. The van der Waals surface area contributed by atoms with E-state index in [1.807, 2.05) is 60.7 Å². The summed E-state index contributed by atoms with van der Waals surface area (Å²) in [5.41, 5.74) is 1.70. The molecule has 3 nitrogen and oxygen atoms in total. The Balaban J connectivity index is 0.00000242. The summed E-state index contributed by atoms with van der Waals surface area (Å²) >= 11 is 0. The zero-order chi connectivity index (χ0) is 15.2. The Morgan fingerprint density at radius 3 is 1.82 bits per heavy atom. The number of carbonyl (C=O) groups is 1. The molecule has 2 aromatic carbocycles. The number of rotatable bonds is 6. The monoisotopic (exact) mass is 307 g/mol. The van der Waals surface area contributed by atoms with E-state index in [-0.39, 0.29) is 35.5 Å². The molecular formula is C18H20NaO3+. The third-order valence-corrected chi connectivity index (χ3v) is 3.65. The van der Waals surface area contributed by atoms with Crippen molar-refractivity contribution in [2.45, 2.75) is 31.3 Å². The summed E-state index contributed by atoms with van der Waals surface area (Å²) in [6, 6.07) is 18.8. The summed E-state index contributed by atoms with van der Waals surface area (Å²) in [4.78, 5) is 11.8. The van der Waals surface area contributed by atoms with E-state index in [4.69, 9.17) is 0 Å². The van der Waals surface area contributed by atoms with E-state index < -0.39 is 18.0 Å². The summed E-state index contributed by atoms with van der Waals surface area (Å²) in [6.45, 7) is 1.69. The van der Waals surface area contributed by atoms with Crippen molar-refractivity contribution in [1.29, 1.82) is 0 Å². The van der Waals surface area contributed by atoms with Crippen LogP contribution in [-0.2, 0) is 4.79 Å². The number of carboxylic acids is 1. The molecule has 22 heavy (non-hydrogen) atoms. The number of hydrogen-bond donors (Lipinski definition) is 2. The quantitative estimate of drug-likeness (QED) is 0.760. The van der Waals surface area contributed by atoms with E-state index in [0.717, 1.165) is 11.1 Å². The fraction of sp³-hybridized carbons (Fsp3) is 0.278. The van der Waals surface area contributed by atoms with Crippen LogP contribution in [0.2, 0.25) is 0 Å². The van der Waals surface area contributed by atoms with Gasteiger partial charge in [-0.3, -0.25) is 4.79 Å². The second-order valence-electron chi connectivity index (χ2n) is 5.33. The van der Waals surface area contributed by atoms with Crippen molar-refractivity contribution in [3.05, 3.63) is 71.8 Å². The molecule has 0 bridgehead atoms. The summed E-state index contributed by atoms with van der Waals surface area (Å²) in [7, 11) is 0. The molecule has 0 aliphatic rings. The maximum atomic E-state index is 11.8. The normalized spacial score (nSPS) is 14.5. The Kier molecular flexibility index (Phi) is 7.83. The van der Waals surface area contributed by atoms with Gasteiger partial charge >= 0.3 is 35.5 Å². The number of benzene rings is 2. The van der Waals surface area contributed by atoms with Gasteiger partial charge in [0.2, 0.25) is 0 Å². The van der Waals surface area contributed by atoms with Gasteiger partial charge in [-0.25, -0.2) is 0 Å². The van der Waals surface area contributed by atoms with E-state index in [2.05, 4.69) is 0 Å². The molecule has 2 rings (SSSR count). The van der Waals surface area contributed by atoms with Crippen molar-refractivity contribution in [3.63, 3.8) is 0 Å². The van der Waals surface area contributed by atoms with Gasteiger partial charge in [0.15, 0.2) is 0 Å². The van der Waals surface area contributed by atoms with Crippen LogP contribution in [0.15, 0.2) is 60.7 Å². The minimum Gasteiger partial charge on any atom is -0.481 e. The van der Waals surface area contributed by atoms with Crippen molar-refractivity contribution in [2.24, 2.45) is 0 Å². The van der Waals surface area contributed by atoms with Crippen LogP contribution in [0.5, 0.6) is 0 Å². The predicted molar refractivity (Wildman–Crippen MR) is 82.3 cm³/mol. The van der Waals surface area contributed by atoms with Gasteiger partial charge in [0.05, 0.1) is 12.0 Å². The average Bonchev–Trinajstić information content (AvgIpc) is 2.48. The largest absolute Gasteiger partial charge is 1.00 e. The number of hydrogen-bond acceptors (Lipinski definition) is 2. The minimum absolute atomic E-state index is 0. The van der Waals surface area contributed by atoms with Gasteiger partial charge in [0.25, 0.3) is 0 Å². The predicted octanol–water partition coefficient (Wildman–Crippen LogP) is 0.413. The van der Waals surface area contributed by atoms with Crippen molar-refractivity contribution in [3.8, 4) is 0 Å². The van der Waals surface area contributed by atoms with Crippen molar-refractivity contribution >= 4 is 5.97 Å². The van der Waals surface area contributed by atoms with Gasteiger partial charge < -0.3 is 10.2 Å². The zero-order valence-corrected chi connectivity index (χ0v) is 15.0. The van der Waals surface area contributed by atoms with E-state index in [1.54, 1.807) is 6.92 Å². The Labute approximate surface area is 153 Å². The van der Waals surface area contributed by atoms with Gasteiger partial charge in [-0.2, -0.15) is 0 Å². The fourth-order valence-corrected chi connectivity index (χ4v) is 2.74. The molecule has 0 fully saturated rings. The molecule has 0 aromatic heterocycles. The van der Waals surface area contributed by atoms with Crippen LogP contribution >= 0.6 is 0 Å². The van der Waals surface area contributed by atoms with Crippen LogP contribution in [0.25, 0.3) is 0 Å². The first-order chi connectivity index (χ1) is 10.1. The van der Waals surface area contributed by atoms with Crippen LogP contribution in [0, 0.1) is 0 Å². The summed E-state index contributed by atoms with van der Waals surface area (Å²) in [5.74, 6) is -1.79. The Morgan fingerprint density at radius 1 is 0.955 bits per heavy atom. The molecule has 0 aliphatic heterocycles. The fourth-order valence-electron chi connectivity index (χ4n) is 2.74. The zero-order valence-electron chi connectivity index (χ0n) is 13.0. The average molecular weight is 307 g/mol. The standard InChI is InChI=1S/C18H20O3.Na/c1-13(19)12-16(14-8-4-2-5-9-14)17(18(20)21)15-10-6-3-7-11-15;/h2-11,13,16-17,19H,12H2,1H3,(H,20,21);/q;+1. The molecule has 0 heterocycles. The van der Waals surface area contributed by atoms with E-state index in [0.29, 0.717) is 6.42 Å². The van der Waals surface area contributed by atoms with Crippen molar-refractivity contribution < 1.29 is 44.6 Å². The van der Waals surface area contributed by atoms with Gasteiger partial charge in [0, 0.05) is 5.92 Å². The summed E-state index contributed by atoms with van der Waals surface area (Å²) < 4.78 is 0. The minimum atomic E-state index is -0.865. The second kappa shape index (κ2) is 9.11. The van der Waals surface area contributed by atoms with E-state index in [9.17, 15) is 15.0 Å². The molecule has 4 heteroatoms. The molecule has 3 unspecified atom stereocenters. The number of aliphatic carboxylic acids is 1. The first-order valence-corrected chi connectivity index (χ1v) is 7.10. The third-order valence-electron chi connectivity index (χ3n) is 3.65. The molecule has 3 atom stereocenters. The molecular weight excluding hydrogens is 287 g/mol. The second-order valence-corrected chi connectivity index (χ2v) is 5.33. The molecule has 0 radical (unpaired) electrons. The van der Waals surface area contributed by atoms with Crippen molar-refractivity contribution in [1.82, 2.24) is 0 Å². The summed E-state index contributed by atoms with van der Waals surface area (Å²) in [5, 5.41) is 19.5. The smallest absolute Gasteiger partial charge is 0.481 e. The SMILES string of the molecule is CC(O)CC(c1ccccc1)C(C(=O)O)c1ccccc1.[Na+]. The number of carboxylic acid groups (broad SMARTS) is 1. The Morgan fingerprint density at radius 2 is 1.41 bits per heavy atom. The maximum Gasteiger partial charge on any atom is 1.00 e. The molecule has 0 amide bonds. The Hall–Kier alpha value is -1.13. The van der Waals surface area contributed by atoms with Gasteiger partial charge in [-0.05, 0) is 24.5 Å². The van der Waals surface area contributed by atoms with Crippen molar-refractivity contribution in [2.75, 3.05) is 0 Å². The molecule has 0 aliphatic carbocycles. The molecule has 2 N–H and O–H groups in total. The van der Waals surface area contributed by atoms with E-state index in [1.165, 1.54) is 0 Å². The van der Waals surface area contributed by atoms with Gasteiger partial charge in [-0.1, -0.05) is 60.7 Å². The first-order valence-electron chi connectivity index (χ1n) is 7.10. The molecule has 110 valence electrons.